The van der Waals surface area contributed by atoms with E-state index in [1.165, 1.54) is 32.1 Å². The predicted molar refractivity (Wildman–Crippen MR) is 85.6 cm³/mol. The van der Waals surface area contributed by atoms with Crippen LogP contribution in [0.1, 0.15) is 42.5 Å². The smallest absolute Gasteiger partial charge is 0.251 e. The van der Waals surface area contributed by atoms with Crippen LogP contribution < -0.4 is 11.1 Å². The third kappa shape index (κ3) is 4.65. The van der Waals surface area contributed by atoms with Gasteiger partial charge in [0.1, 0.15) is 0 Å². The van der Waals surface area contributed by atoms with Crippen molar-refractivity contribution in [1.29, 1.82) is 0 Å². The van der Waals surface area contributed by atoms with Gasteiger partial charge in [-0.05, 0) is 43.0 Å². The van der Waals surface area contributed by atoms with Gasteiger partial charge in [-0.3, -0.25) is 4.79 Å². The molecule has 2 rings (SSSR count). The van der Waals surface area contributed by atoms with Crippen LogP contribution in [0.5, 0.6) is 0 Å². The Morgan fingerprint density at radius 1 is 1.25 bits per heavy atom. The number of amides is 1. The third-order valence-corrected chi connectivity index (χ3v) is 4.15. The zero-order valence-electron chi connectivity index (χ0n) is 11.5. The number of hydrogen-bond acceptors (Lipinski definition) is 2. The topological polar surface area (TPSA) is 55.1 Å². The normalized spacial score (nSPS) is 17.1. The minimum absolute atomic E-state index is 0. The summed E-state index contributed by atoms with van der Waals surface area (Å²) in [5, 5.41) is 3.70. The number of carbonyl (C=O) groups is 1. The monoisotopic (exact) mass is 316 g/mol. The average Bonchev–Trinajstić information content (AvgIpc) is 2.46. The minimum atomic E-state index is -0.0577. The van der Waals surface area contributed by atoms with E-state index in [1.807, 2.05) is 0 Å². The number of nitrogens with one attached hydrogen (secondary N) is 1. The van der Waals surface area contributed by atoms with E-state index in [1.54, 1.807) is 24.3 Å². The summed E-state index contributed by atoms with van der Waals surface area (Å²) in [6, 6.07) is 7.03. The molecule has 1 fully saturated rings. The van der Waals surface area contributed by atoms with Gasteiger partial charge >= 0.3 is 0 Å². The van der Waals surface area contributed by atoms with E-state index in [9.17, 15) is 4.79 Å². The molecule has 0 spiro atoms. The van der Waals surface area contributed by atoms with Gasteiger partial charge in [-0.25, -0.2) is 0 Å². The van der Waals surface area contributed by atoms with Crippen molar-refractivity contribution in [1.82, 2.24) is 5.32 Å². The lowest BCUT2D eigenvalue weighted by molar-refractivity contribution is 0.0915. The fraction of sp³-hybridized carbons (Fsp3) is 0.533. The third-order valence-electron chi connectivity index (χ3n) is 3.90. The molecule has 0 aliphatic heterocycles. The zero-order chi connectivity index (χ0) is 13.7. The number of benzene rings is 1. The van der Waals surface area contributed by atoms with Crippen LogP contribution in [0.4, 0.5) is 0 Å². The summed E-state index contributed by atoms with van der Waals surface area (Å²) in [6.07, 6.45) is 6.14. The molecule has 0 radical (unpaired) electrons. The van der Waals surface area contributed by atoms with Crippen LogP contribution >= 0.6 is 24.0 Å². The molecule has 3 N–H and O–H groups in total. The summed E-state index contributed by atoms with van der Waals surface area (Å²) < 4.78 is 0. The van der Waals surface area contributed by atoms with Gasteiger partial charge in [0.2, 0.25) is 0 Å². The van der Waals surface area contributed by atoms with Crippen molar-refractivity contribution in [3.8, 4) is 0 Å². The Hall–Kier alpha value is -0.770. The largest absolute Gasteiger partial charge is 0.348 e. The van der Waals surface area contributed by atoms with Gasteiger partial charge in [0, 0.05) is 23.2 Å². The highest BCUT2D eigenvalue weighted by molar-refractivity contribution is 6.30. The first-order chi connectivity index (χ1) is 9.20. The molecule has 0 aromatic heterocycles. The number of hydrogen-bond donors (Lipinski definition) is 2. The van der Waals surface area contributed by atoms with E-state index in [0.717, 1.165) is 0 Å². The molecule has 112 valence electrons. The first-order valence-electron chi connectivity index (χ1n) is 6.97. The Bertz CT molecular complexity index is 416. The second-order valence-electron chi connectivity index (χ2n) is 5.22. The van der Waals surface area contributed by atoms with Gasteiger partial charge < -0.3 is 11.1 Å². The Balaban J connectivity index is 0.00000200. The molecular formula is C15H22Cl2N2O. The molecule has 1 aromatic carbocycles. The lowest BCUT2D eigenvalue weighted by atomic mass is 9.84. The molecule has 1 aliphatic rings. The molecule has 1 aromatic rings. The van der Waals surface area contributed by atoms with Gasteiger partial charge in [0.25, 0.3) is 5.91 Å². The van der Waals surface area contributed by atoms with Crippen LogP contribution in [0.25, 0.3) is 0 Å². The van der Waals surface area contributed by atoms with Gasteiger partial charge in [-0.2, -0.15) is 0 Å². The van der Waals surface area contributed by atoms with E-state index in [4.69, 9.17) is 17.3 Å². The second-order valence-corrected chi connectivity index (χ2v) is 5.66. The molecule has 0 saturated heterocycles. The molecular weight excluding hydrogens is 295 g/mol. The summed E-state index contributed by atoms with van der Waals surface area (Å²) in [5.74, 6) is 0.465. The van der Waals surface area contributed by atoms with E-state index in [2.05, 4.69) is 5.32 Å². The summed E-state index contributed by atoms with van der Waals surface area (Å²) >= 11 is 5.82. The molecule has 5 heteroatoms. The summed E-state index contributed by atoms with van der Waals surface area (Å²) in [7, 11) is 0. The van der Waals surface area contributed by atoms with Crippen LogP contribution in [0.3, 0.4) is 0 Å². The van der Waals surface area contributed by atoms with Gasteiger partial charge in [0.15, 0.2) is 0 Å². The molecule has 1 saturated carbocycles. The number of nitrogens with two attached hydrogens (primary N) is 1. The quantitative estimate of drug-likeness (QED) is 0.894. The van der Waals surface area contributed by atoms with Crippen LogP contribution in [-0.4, -0.2) is 18.5 Å². The minimum Gasteiger partial charge on any atom is -0.348 e. The van der Waals surface area contributed by atoms with Crippen LogP contribution in [0.15, 0.2) is 24.3 Å². The lowest BCUT2D eigenvalue weighted by Crippen LogP contribution is -2.45. The number of rotatable bonds is 4. The fourth-order valence-electron chi connectivity index (χ4n) is 2.76. The highest BCUT2D eigenvalue weighted by Crippen LogP contribution is 2.26. The Kier molecular flexibility index (Phi) is 7.35. The van der Waals surface area contributed by atoms with E-state index in [-0.39, 0.29) is 24.4 Å². The number of halogens is 2. The van der Waals surface area contributed by atoms with Gasteiger partial charge in [-0.1, -0.05) is 30.9 Å². The second kappa shape index (κ2) is 8.50. The Morgan fingerprint density at radius 2 is 1.85 bits per heavy atom. The highest BCUT2D eigenvalue weighted by Gasteiger charge is 2.24. The molecule has 1 atom stereocenters. The van der Waals surface area contributed by atoms with Crippen molar-refractivity contribution in [3.05, 3.63) is 34.9 Å². The first-order valence-corrected chi connectivity index (χ1v) is 7.35. The predicted octanol–water partition coefficient (Wildman–Crippen LogP) is 3.40. The SMILES string of the molecule is Cl.NCC(NC(=O)c1ccc(Cl)cc1)C1CCCCC1. The molecule has 1 aliphatic carbocycles. The summed E-state index contributed by atoms with van der Waals surface area (Å²) in [6.45, 7) is 0.504. The van der Waals surface area contributed by atoms with Crippen LogP contribution in [0, 0.1) is 5.92 Å². The zero-order valence-corrected chi connectivity index (χ0v) is 13.1. The first kappa shape index (κ1) is 17.3. The van der Waals surface area contributed by atoms with Crippen molar-refractivity contribution in [2.75, 3.05) is 6.54 Å². The summed E-state index contributed by atoms with van der Waals surface area (Å²) in [4.78, 5) is 12.2. The van der Waals surface area contributed by atoms with Crippen LogP contribution in [-0.2, 0) is 0 Å². The Labute approximate surface area is 131 Å². The maximum absolute atomic E-state index is 12.2. The van der Waals surface area contributed by atoms with Crippen molar-refractivity contribution in [2.45, 2.75) is 38.1 Å². The summed E-state index contributed by atoms with van der Waals surface area (Å²) in [5.41, 5.74) is 6.46. The average molecular weight is 317 g/mol. The molecule has 20 heavy (non-hydrogen) atoms. The van der Waals surface area contributed by atoms with E-state index < -0.39 is 0 Å². The Morgan fingerprint density at radius 3 is 2.40 bits per heavy atom. The van der Waals surface area contributed by atoms with E-state index in [0.29, 0.717) is 23.0 Å². The highest BCUT2D eigenvalue weighted by atomic mass is 35.5. The van der Waals surface area contributed by atoms with Crippen molar-refractivity contribution >= 4 is 29.9 Å². The molecule has 1 unspecified atom stereocenters. The lowest BCUT2D eigenvalue weighted by Gasteiger charge is -2.30. The van der Waals surface area contributed by atoms with Crippen molar-refractivity contribution in [2.24, 2.45) is 11.7 Å². The van der Waals surface area contributed by atoms with Crippen molar-refractivity contribution in [3.63, 3.8) is 0 Å². The van der Waals surface area contributed by atoms with E-state index >= 15 is 0 Å². The van der Waals surface area contributed by atoms with Crippen molar-refractivity contribution < 1.29 is 4.79 Å². The molecule has 3 nitrogen and oxygen atoms in total. The van der Waals surface area contributed by atoms with Gasteiger partial charge in [-0.15, -0.1) is 12.4 Å². The number of carbonyl (C=O) groups excluding carboxylic acids is 1. The molecule has 0 heterocycles. The fourth-order valence-corrected chi connectivity index (χ4v) is 2.88. The maximum atomic E-state index is 12.2. The molecule has 1 amide bonds. The van der Waals surface area contributed by atoms with Gasteiger partial charge in [0.05, 0.1) is 0 Å². The maximum Gasteiger partial charge on any atom is 0.251 e. The molecule has 0 bridgehead atoms. The van der Waals surface area contributed by atoms with Crippen LogP contribution in [0.2, 0.25) is 5.02 Å². The standard InChI is InChI=1S/C15H21ClN2O.ClH/c16-13-8-6-12(7-9-13)15(19)18-14(10-17)11-4-2-1-3-5-11;/h6-9,11,14H,1-5,10,17H2,(H,18,19);1H.